The van der Waals surface area contributed by atoms with Crippen molar-refractivity contribution in [3.8, 4) is 17.1 Å². The van der Waals surface area contributed by atoms with E-state index in [0.29, 0.717) is 6.61 Å². The summed E-state index contributed by atoms with van der Waals surface area (Å²) < 4.78 is 76.9. The van der Waals surface area contributed by atoms with Gasteiger partial charge in [0.15, 0.2) is 0 Å². The minimum absolute atomic E-state index is 0.0330. The molecule has 190 valence electrons. The molecule has 13 heteroatoms. The molecule has 5 rings (SSSR count). The minimum Gasteiger partial charge on any atom is -0.473 e. The van der Waals surface area contributed by atoms with Gasteiger partial charge in [-0.3, -0.25) is 4.79 Å². The molecule has 0 radical (unpaired) electrons. The number of rotatable bonds is 7. The molecule has 0 aliphatic carbocycles. The molecule has 1 amide bonds. The van der Waals surface area contributed by atoms with Gasteiger partial charge in [-0.05, 0) is 29.8 Å². The topological polar surface area (TPSA) is 109 Å². The van der Waals surface area contributed by atoms with Gasteiger partial charge in [0.1, 0.15) is 43.0 Å². The Labute approximate surface area is 201 Å². The summed E-state index contributed by atoms with van der Waals surface area (Å²) in [6, 6.07) is 3.98. The largest absolute Gasteiger partial charge is 0.473 e. The second-order valence-electron chi connectivity index (χ2n) is 8.38. The van der Waals surface area contributed by atoms with Gasteiger partial charge in [-0.15, -0.1) is 0 Å². The van der Waals surface area contributed by atoms with Gasteiger partial charge in [-0.1, -0.05) is 0 Å². The van der Waals surface area contributed by atoms with Gasteiger partial charge in [-0.25, -0.2) is 27.5 Å². The zero-order valence-corrected chi connectivity index (χ0v) is 18.7. The summed E-state index contributed by atoms with van der Waals surface area (Å²) >= 11 is 0. The highest BCUT2D eigenvalue weighted by atomic mass is 19.3. The number of halogens is 4. The van der Waals surface area contributed by atoms with E-state index in [1.54, 1.807) is 0 Å². The molecule has 2 aromatic heterocycles. The molecule has 0 bridgehead atoms. The Morgan fingerprint density at radius 2 is 2.00 bits per heavy atom. The fourth-order valence-electron chi connectivity index (χ4n) is 3.79. The Morgan fingerprint density at radius 3 is 2.72 bits per heavy atom. The van der Waals surface area contributed by atoms with Crippen molar-refractivity contribution in [1.29, 1.82) is 0 Å². The number of carbonyl (C=O) groups is 1. The van der Waals surface area contributed by atoms with Crippen LogP contribution in [-0.2, 0) is 9.47 Å². The first kappa shape index (κ1) is 24.1. The van der Waals surface area contributed by atoms with Crippen LogP contribution >= 0.6 is 0 Å². The van der Waals surface area contributed by atoms with Gasteiger partial charge in [-0.2, -0.15) is 0 Å². The average molecular weight is 508 g/mol. The predicted molar refractivity (Wildman–Crippen MR) is 115 cm³/mol. The van der Waals surface area contributed by atoms with Crippen LogP contribution in [0.1, 0.15) is 41.6 Å². The molecule has 2 aliphatic rings. The first-order chi connectivity index (χ1) is 17.3. The maximum atomic E-state index is 14.6. The molecule has 2 atom stereocenters. The van der Waals surface area contributed by atoms with Crippen LogP contribution in [0.25, 0.3) is 11.3 Å². The summed E-state index contributed by atoms with van der Waals surface area (Å²) in [5.41, 5.74) is -0.531. The number of amides is 1. The number of alkyl halides is 2. The third-order valence-electron chi connectivity index (χ3n) is 5.79. The fraction of sp³-hybridized carbons (Fsp3) is 0.391. The summed E-state index contributed by atoms with van der Waals surface area (Å²) in [5.74, 6) is -5.60. The lowest BCUT2D eigenvalue weighted by Crippen LogP contribution is -2.32. The van der Waals surface area contributed by atoms with Crippen LogP contribution in [-0.4, -0.2) is 52.9 Å². The summed E-state index contributed by atoms with van der Waals surface area (Å²) in [6.45, 7) is 0.0295. The van der Waals surface area contributed by atoms with Crippen molar-refractivity contribution in [3.63, 3.8) is 0 Å². The molecule has 1 N–H and O–H groups in total. The highest BCUT2D eigenvalue weighted by molar-refractivity contribution is 6.04. The number of ether oxygens (including phenoxy) is 3. The smallest absolute Gasteiger partial charge is 0.294 e. The Morgan fingerprint density at radius 1 is 1.17 bits per heavy atom. The summed E-state index contributed by atoms with van der Waals surface area (Å²) in [6.07, 6.45) is 0.289. The number of benzene rings is 1. The van der Waals surface area contributed by atoms with E-state index in [1.807, 2.05) is 0 Å². The first-order valence-electron chi connectivity index (χ1n) is 11.1. The Hall–Kier alpha value is -3.58. The van der Waals surface area contributed by atoms with E-state index in [9.17, 15) is 22.4 Å². The highest BCUT2D eigenvalue weighted by Gasteiger charge is 2.38. The van der Waals surface area contributed by atoms with Crippen LogP contribution in [0.3, 0.4) is 0 Å². The van der Waals surface area contributed by atoms with Crippen molar-refractivity contribution in [3.05, 3.63) is 53.7 Å². The minimum atomic E-state index is -3.01. The zero-order chi connectivity index (χ0) is 25.3. The number of hydrogen-bond donors (Lipinski definition) is 1. The number of nitrogens with zero attached hydrogens (tertiary/aromatic N) is 3. The number of hydrogen-bond acceptors (Lipinski definition) is 8. The molecule has 1 aromatic carbocycles. The summed E-state index contributed by atoms with van der Waals surface area (Å²) in [7, 11) is 0. The first-order valence-corrected chi connectivity index (χ1v) is 11.1. The molecular formula is C23H20F4N4O5. The standard InChI is InChI=1S/C23H20F4N4O5/c24-12-1-2-15(25)14(7-12)19-21(20(29-11-28-19)16-3-5-23(26,27)10-35-16)30-22(32)17-8-18(31-36-17)34-9-13-4-6-33-13/h1-2,7-8,11,13,16H,3-6,9-10H2,(H,30,32). The van der Waals surface area contributed by atoms with E-state index < -0.39 is 42.6 Å². The third kappa shape index (κ3) is 5.16. The van der Waals surface area contributed by atoms with Gasteiger partial charge >= 0.3 is 0 Å². The molecule has 2 aliphatic heterocycles. The summed E-state index contributed by atoms with van der Waals surface area (Å²) in [5, 5.41) is 6.21. The maximum Gasteiger partial charge on any atom is 0.294 e. The highest BCUT2D eigenvalue weighted by Crippen LogP contribution is 2.40. The van der Waals surface area contributed by atoms with Gasteiger partial charge in [0.25, 0.3) is 17.7 Å². The number of anilines is 1. The molecule has 36 heavy (non-hydrogen) atoms. The second-order valence-corrected chi connectivity index (χ2v) is 8.38. The summed E-state index contributed by atoms with van der Waals surface area (Å²) in [4.78, 5) is 21.1. The van der Waals surface area contributed by atoms with Crippen molar-refractivity contribution < 1.29 is 41.1 Å². The Bertz CT molecular complexity index is 1260. The molecule has 2 saturated heterocycles. The van der Waals surface area contributed by atoms with Crippen molar-refractivity contribution >= 4 is 11.6 Å². The van der Waals surface area contributed by atoms with Gasteiger partial charge in [0.05, 0.1) is 23.6 Å². The molecule has 0 saturated carbocycles. The van der Waals surface area contributed by atoms with Crippen molar-refractivity contribution in [1.82, 2.24) is 15.1 Å². The molecular weight excluding hydrogens is 488 g/mol. The van der Waals surface area contributed by atoms with Crippen molar-refractivity contribution in [2.75, 3.05) is 25.1 Å². The normalized spacial score (nSPS) is 21.0. The van der Waals surface area contributed by atoms with E-state index in [4.69, 9.17) is 18.7 Å². The van der Waals surface area contributed by atoms with E-state index in [1.165, 1.54) is 6.07 Å². The van der Waals surface area contributed by atoms with Crippen molar-refractivity contribution in [2.24, 2.45) is 0 Å². The molecule has 2 unspecified atom stereocenters. The van der Waals surface area contributed by atoms with E-state index >= 15 is 0 Å². The number of aromatic nitrogens is 3. The van der Waals surface area contributed by atoms with E-state index in [0.717, 1.165) is 30.9 Å². The van der Waals surface area contributed by atoms with Gasteiger partial charge < -0.3 is 24.1 Å². The molecule has 3 aromatic rings. The molecule has 0 spiro atoms. The third-order valence-corrected chi connectivity index (χ3v) is 5.79. The monoisotopic (exact) mass is 508 g/mol. The van der Waals surface area contributed by atoms with E-state index in [-0.39, 0.29) is 53.4 Å². The van der Waals surface area contributed by atoms with Crippen LogP contribution in [0.2, 0.25) is 0 Å². The SMILES string of the molecule is O=C(Nc1c(-c2cc(F)ccc2F)ncnc1C1CCC(F)(F)CO1)c1cc(OCC2CCO2)no1. The molecule has 9 nitrogen and oxygen atoms in total. The van der Waals surface area contributed by atoms with Crippen LogP contribution in [0, 0.1) is 11.6 Å². The van der Waals surface area contributed by atoms with Crippen LogP contribution in [0.5, 0.6) is 5.88 Å². The zero-order valence-electron chi connectivity index (χ0n) is 18.7. The second kappa shape index (κ2) is 9.82. The van der Waals surface area contributed by atoms with Gasteiger partial charge in [0, 0.05) is 25.0 Å². The lowest BCUT2D eigenvalue weighted by molar-refractivity contribution is -0.146. The van der Waals surface area contributed by atoms with Crippen LogP contribution in [0.4, 0.5) is 23.2 Å². The van der Waals surface area contributed by atoms with Crippen molar-refractivity contribution in [2.45, 2.75) is 37.4 Å². The maximum absolute atomic E-state index is 14.6. The van der Waals surface area contributed by atoms with E-state index in [2.05, 4.69) is 20.4 Å². The average Bonchev–Trinajstić information content (AvgIpc) is 3.29. The molecule has 2 fully saturated rings. The fourth-order valence-corrected chi connectivity index (χ4v) is 3.79. The Balaban J connectivity index is 1.45. The van der Waals surface area contributed by atoms with Crippen LogP contribution < -0.4 is 10.1 Å². The number of carbonyl (C=O) groups excluding carboxylic acids is 1. The Kier molecular flexibility index (Phi) is 6.58. The predicted octanol–water partition coefficient (Wildman–Crippen LogP) is 4.32. The molecule has 4 heterocycles. The quantitative estimate of drug-likeness (QED) is 0.471. The number of nitrogens with one attached hydrogen (secondary N) is 1. The lowest BCUT2D eigenvalue weighted by Gasteiger charge is -2.29. The lowest BCUT2D eigenvalue weighted by atomic mass is 10.00. The van der Waals surface area contributed by atoms with Gasteiger partial charge in [0.2, 0.25) is 5.76 Å². The van der Waals surface area contributed by atoms with Crippen LogP contribution in [0.15, 0.2) is 35.1 Å².